The van der Waals surface area contributed by atoms with E-state index in [1.807, 2.05) is 24.4 Å². The summed E-state index contributed by atoms with van der Waals surface area (Å²) in [6.45, 7) is 6.61. The molecule has 3 nitrogen and oxygen atoms in total. The Hall–Kier alpha value is -1.68. The van der Waals surface area contributed by atoms with Gasteiger partial charge in [-0.1, -0.05) is 25.1 Å². The summed E-state index contributed by atoms with van der Waals surface area (Å²) < 4.78 is 2.99. The van der Waals surface area contributed by atoms with Crippen LogP contribution in [0.2, 0.25) is 0 Å². The van der Waals surface area contributed by atoms with Crippen molar-refractivity contribution < 1.29 is 0 Å². The molecule has 0 saturated heterocycles. The molecule has 19 heavy (non-hydrogen) atoms. The van der Waals surface area contributed by atoms with Gasteiger partial charge in [0.2, 0.25) is 0 Å². The maximum absolute atomic E-state index is 5.51. The van der Waals surface area contributed by atoms with Gasteiger partial charge in [-0.25, -0.2) is 0 Å². The van der Waals surface area contributed by atoms with Crippen LogP contribution in [0, 0.1) is 4.77 Å². The number of imidazole rings is 1. The second-order valence-corrected chi connectivity index (χ2v) is 5.86. The van der Waals surface area contributed by atoms with E-state index < -0.39 is 0 Å². The maximum Gasteiger partial charge on any atom is 0.178 e. The van der Waals surface area contributed by atoms with E-state index in [1.165, 1.54) is 0 Å². The lowest BCUT2D eigenvalue weighted by molar-refractivity contribution is 0.349. The zero-order valence-electron chi connectivity index (χ0n) is 11.4. The number of rotatable bonds is 2. The zero-order valence-corrected chi connectivity index (χ0v) is 12.2. The molecule has 0 atom stereocenters. The van der Waals surface area contributed by atoms with Gasteiger partial charge in [0.15, 0.2) is 4.77 Å². The second-order valence-electron chi connectivity index (χ2n) is 5.47. The number of para-hydroxylation sites is 1. The number of hydrogen-bond donors (Lipinski definition) is 1. The zero-order chi connectivity index (χ0) is 13.6. The van der Waals surface area contributed by atoms with Crippen molar-refractivity contribution >= 4 is 34.2 Å². The van der Waals surface area contributed by atoms with Crippen molar-refractivity contribution in [1.82, 2.24) is 14.5 Å². The average molecular weight is 271 g/mol. The molecule has 0 saturated carbocycles. The number of nitrogens with one attached hydrogen (secondary N) is 1. The highest BCUT2D eigenvalue weighted by Crippen LogP contribution is 2.30. The van der Waals surface area contributed by atoms with Crippen LogP contribution in [-0.2, 0) is 5.54 Å². The molecule has 3 aromatic rings. The van der Waals surface area contributed by atoms with Gasteiger partial charge in [0.1, 0.15) is 0 Å². The first-order valence-corrected chi connectivity index (χ1v) is 6.94. The molecule has 0 aliphatic heterocycles. The molecule has 0 spiro atoms. The van der Waals surface area contributed by atoms with Crippen LogP contribution in [0.5, 0.6) is 0 Å². The van der Waals surface area contributed by atoms with Gasteiger partial charge in [-0.3, -0.25) is 4.98 Å². The van der Waals surface area contributed by atoms with Crippen LogP contribution in [0.3, 0.4) is 0 Å². The molecule has 98 valence electrons. The fourth-order valence-electron chi connectivity index (χ4n) is 2.47. The Morgan fingerprint density at radius 1 is 1.32 bits per heavy atom. The molecule has 2 heterocycles. The highest BCUT2D eigenvalue weighted by molar-refractivity contribution is 7.71. The predicted molar refractivity (Wildman–Crippen MR) is 82.0 cm³/mol. The van der Waals surface area contributed by atoms with Crippen LogP contribution in [0.15, 0.2) is 30.5 Å². The Balaban J connectivity index is 2.54. The van der Waals surface area contributed by atoms with Crippen LogP contribution >= 0.6 is 12.2 Å². The highest BCUT2D eigenvalue weighted by Gasteiger charge is 2.22. The molecule has 1 N–H and O–H groups in total. The Morgan fingerprint density at radius 3 is 2.79 bits per heavy atom. The monoisotopic (exact) mass is 271 g/mol. The van der Waals surface area contributed by atoms with Crippen molar-refractivity contribution in [3.05, 3.63) is 35.2 Å². The van der Waals surface area contributed by atoms with Gasteiger partial charge in [0, 0.05) is 10.9 Å². The summed E-state index contributed by atoms with van der Waals surface area (Å²) in [7, 11) is 0. The number of H-pyrrole nitrogens is 1. The summed E-state index contributed by atoms with van der Waals surface area (Å²) in [5.74, 6) is 0. The Labute approximate surface area is 117 Å². The first-order valence-electron chi connectivity index (χ1n) is 6.53. The standard InChI is InChI=1S/C15H17N3S/c1-4-15(2,3)18-13-10-7-5-6-8-11(10)16-9-12(13)17-14(18)19/h5-9H,4H2,1-3H3,(H,17,19). The molecule has 1 aromatic carbocycles. The largest absolute Gasteiger partial charge is 0.329 e. The van der Waals surface area contributed by atoms with Crippen molar-refractivity contribution in [3.8, 4) is 0 Å². The smallest absolute Gasteiger partial charge is 0.178 e. The van der Waals surface area contributed by atoms with Gasteiger partial charge in [-0.2, -0.15) is 0 Å². The van der Waals surface area contributed by atoms with Crippen LogP contribution in [0.4, 0.5) is 0 Å². The lowest BCUT2D eigenvalue weighted by atomic mass is 10.0. The average Bonchev–Trinajstić information content (AvgIpc) is 2.76. The second kappa shape index (κ2) is 4.17. The number of benzene rings is 1. The maximum atomic E-state index is 5.51. The summed E-state index contributed by atoms with van der Waals surface area (Å²) in [5.41, 5.74) is 3.15. The van der Waals surface area contributed by atoms with Crippen LogP contribution in [-0.4, -0.2) is 14.5 Å². The van der Waals surface area contributed by atoms with Gasteiger partial charge < -0.3 is 9.55 Å². The molecule has 0 amide bonds. The normalized spacial score (nSPS) is 12.4. The SMILES string of the molecule is CCC(C)(C)n1c(=S)[nH]c2cnc3ccccc3c21. The van der Waals surface area contributed by atoms with Crippen molar-refractivity contribution in [1.29, 1.82) is 0 Å². The van der Waals surface area contributed by atoms with Crippen LogP contribution in [0.25, 0.3) is 21.9 Å². The van der Waals surface area contributed by atoms with E-state index in [-0.39, 0.29) is 5.54 Å². The third kappa shape index (κ3) is 1.78. The van der Waals surface area contributed by atoms with Crippen molar-refractivity contribution in [2.24, 2.45) is 0 Å². The third-order valence-electron chi connectivity index (χ3n) is 3.89. The minimum Gasteiger partial charge on any atom is -0.329 e. The van der Waals surface area contributed by atoms with Gasteiger partial charge in [-0.15, -0.1) is 0 Å². The molecule has 0 aliphatic rings. The molecule has 4 heteroatoms. The van der Waals surface area contributed by atoms with E-state index in [2.05, 4.69) is 41.4 Å². The number of aromatic nitrogens is 3. The Bertz CT molecular complexity index is 811. The van der Waals surface area contributed by atoms with E-state index in [0.29, 0.717) is 0 Å². The summed E-state index contributed by atoms with van der Waals surface area (Å²) in [6.07, 6.45) is 2.89. The minimum atomic E-state index is -0.0144. The van der Waals surface area contributed by atoms with Crippen molar-refractivity contribution in [2.75, 3.05) is 0 Å². The number of nitrogens with zero attached hydrogens (tertiary/aromatic N) is 2. The van der Waals surface area contributed by atoms with E-state index in [4.69, 9.17) is 12.2 Å². The highest BCUT2D eigenvalue weighted by atomic mass is 32.1. The molecular formula is C15H17N3S. The van der Waals surface area contributed by atoms with E-state index >= 15 is 0 Å². The van der Waals surface area contributed by atoms with E-state index in [1.54, 1.807) is 0 Å². The summed E-state index contributed by atoms with van der Waals surface area (Å²) in [5, 5.41) is 1.15. The quantitative estimate of drug-likeness (QED) is 0.701. The topological polar surface area (TPSA) is 33.6 Å². The number of aromatic amines is 1. The molecule has 2 aromatic heterocycles. The van der Waals surface area contributed by atoms with Gasteiger partial charge in [-0.05, 0) is 38.6 Å². The Kier molecular flexibility index (Phi) is 2.71. The van der Waals surface area contributed by atoms with Crippen LogP contribution < -0.4 is 0 Å². The molecular weight excluding hydrogens is 254 g/mol. The molecule has 3 rings (SSSR count). The van der Waals surface area contributed by atoms with E-state index in [0.717, 1.165) is 33.1 Å². The summed E-state index contributed by atoms with van der Waals surface area (Å²) >= 11 is 5.51. The molecule has 0 unspecified atom stereocenters. The number of fused-ring (bicyclic) bond motifs is 3. The Morgan fingerprint density at radius 2 is 2.05 bits per heavy atom. The lowest BCUT2D eigenvalue weighted by Crippen LogP contribution is -2.25. The number of hydrogen-bond acceptors (Lipinski definition) is 2. The fraction of sp³-hybridized carbons (Fsp3) is 0.333. The van der Waals surface area contributed by atoms with Crippen molar-refractivity contribution in [2.45, 2.75) is 32.7 Å². The van der Waals surface area contributed by atoms with E-state index in [9.17, 15) is 0 Å². The summed E-state index contributed by atoms with van der Waals surface area (Å²) in [4.78, 5) is 7.76. The fourth-order valence-corrected chi connectivity index (χ4v) is 2.92. The minimum absolute atomic E-state index is 0.0144. The third-order valence-corrected chi connectivity index (χ3v) is 4.17. The summed E-state index contributed by atoms with van der Waals surface area (Å²) in [6, 6.07) is 8.20. The molecule has 0 radical (unpaired) electrons. The van der Waals surface area contributed by atoms with Gasteiger partial charge in [0.05, 0.1) is 22.7 Å². The first-order chi connectivity index (χ1) is 9.04. The van der Waals surface area contributed by atoms with Crippen LogP contribution in [0.1, 0.15) is 27.2 Å². The number of pyridine rings is 1. The predicted octanol–water partition coefficient (Wildman–Crippen LogP) is 4.39. The van der Waals surface area contributed by atoms with Gasteiger partial charge in [0.25, 0.3) is 0 Å². The first kappa shape index (κ1) is 12.4. The molecule has 0 aliphatic carbocycles. The molecule has 0 fully saturated rings. The lowest BCUT2D eigenvalue weighted by Gasteiger charge is -2.26. The van der Waals surface area contributed by atoms with Gasteiger partial charge >= 0.3 is 0 Å². The molecule has 0 bridgehead atoms. The van der Waals surface area contributed by atoms with Crippen molar-refractivity contribution in [3.63, 3.8) is 0 Å².